The van der Waals surface area contributed by atoms with Gasteiger partial charge in [-0.05, 0) is 34.7 Å². The zero-order chi connectivity index (χ0) is 5.11. The largest absolute Gasteiger partial charge is 0.0622 e. The molecule has 0 atom stereocenters. The van der Waals surface area contributed by atoms with Crippen LogP contribution < -0.4 is 0 Å². The average Bonchev–Trinajstić information content (AvgIpc) is 1.69. The van der Waals surface area contributed by atoms with Crippen LogP contribution >= 0.6 is 22.6 Å². The van der Waals surface area contributed by atoms with Gasteiger partial charge >= 0.3 is 0 Å². The van der Waals surface area contributed by atoms with Crippen molar-refractivity contribution in [2.75, 3.05) is 0 Å². The molecule has 0 heterocycles. The van der Waals surface area contributed by atoms with Crippen LogP contribution in [0.25, 0.3) is 0 Å². The summed E-state index contributed by atoms with van der Waals surface area (Å²) in [6.45, 7) is 0. The molecule has 1 rings (SSSR count). The molecule has 1 aromatic carbocycles. The van der Waals surface area contributed by atoms with Crippen molar-refractivity contribution in [3.63, 3.8) is 0 Å². The van der Waals surface area contributed by atoms with E-state index in [0.29, 0.717) is 0 Å². The quantitative estimate of drug-likeness (QED) is 0.614. The van der Waals surface area contributed by atoms with Crippen molar-refractivity contribution in [2.24, 2.45) is 0 Å². The smallest absolute Gasteiger partial charge is 0.0130 e. The van der Waals surface area contributed by atoms with E-state index in [-0.39, 0.29) is 37.7 Å². The summed E-state index contributed by atoms with van der Waals surface area (Å²) in [5.41, 5.74) is 0. The van der Waals surface area contributed by atoms with Crippen molar-refractivity contribution < 1.29 is 37.7 Å². The minimum absolute atomic E-state index is 0. The molecular formula is C6H5ArI. The second-order valence-corrected chi connectivity index (χ2v) is 2.54. The van der Waals surface area contributed by atoms with Crippen molar-refractivity contribution in [3.05, 3.63) is 33.9 Å². The minimum Gasteiger partial charge on any atom is -0.0622 e. The summed E-state index contributed by atoms with van der Waals surface area (Å²) in [6.07, 6.45) is 0. The van der Waals surface area contributed by atoms with Crippen LogP contribution in [0.3, 0.4) is 0 Å². The fourth-order valence-corrected chi connectivity index (χ4v) is 0.830. The van der Waals surface area contributed by atoms with E-state index in [9.17, 15) is 0 Å². The van der Waals surface area contributed by atoms with Gasteiger partial charge in [0.1, 0.15) is 0 Å². The maximum atomic E-state index is 2.28. The van der Waals surface area contributed by atoms with E-state index in [1.807, 2.05) is 18.2 Å². The van der Waals surface area contributed by atoms with Gasteiger partial charge in [0.05, 0.1) is 0 Å². The molecule has 0 saturated carbocycles. The SMILES string of the molecule is Ic1ccccc1.[Ar]. The molecule has 0 fully saturated rings. The van der Waals surface area contributed by atoms with Gasteiger partial charge in [0.25, 0.3) is 0 Å². The van der Waals surface area contributed by atoms with Gasteiger partial charge < -0.3 is 0 Å². The first-order valence-corrected chi connectivity index (χ1v) is 3.18. The van der Waals surface area contributed by atoms with Crippen molar-refractivity contribution in [1.29, 1.82) is 0 Å². The predicted molar refractivity (Wildman–Crippen MR) is 39.2 cm³/mol. The third-order valence-corrected chi connectivity index (χ3v) is 1.45. The Labute approximate surface area is 92.8 Å². The molecule has 0 aliphatic heterocycles. The molecule has 0 aromatic heterocycles. The van der Waals surface area contributed by atoms with Gasteiger partial charge in [-0.3, -0.25) is 0 Å². The van der Waals surface area contributed by atoms with Gasteiger partial charge in [-0.25, -0.2) is 0 Å². The molecule has 0 aliphatic rings. The summed E-state index contributed by atoms with van der Waals surface area (Å²) in [7, 11) is 0. The summed E-state index contributed by atoms with van der Waals surface area (Å²) in [4.78, 5) is 0. The molecule has 2 heteroatoms. The average molecular weight is 244 g/mol. The number of rotatable bonds is 0. The van der Waals surface area contributed by atoms with E-state index in [1.165, 1.54) is 3.57 Å². The molecule has 44 valence electrons. The van der Waals surface area contributed by atoms with Gasteiger partial charge in [0.15, 0.2) is 0 Å². The van der Waals surface area contributed by atoms with E-state index in [4.69, 9.17) is 0 Å². The molecule has 0 aliphatic carbocycles. The van der Waals surface area contributed by atoms with E-state index >= 15 is 0 Å². The van der Waals surface area contributed by atoms with Gasteiger partial charge in [-0.15, -0.1) is 0 Å². The van der Waals surface area contributed by atoms with Gasteiger partial charge in [-0.1, -0.05) is 18.2 Å². The fraction of sp³-hybridized carbons (Fsp3) is 0. The number of hydrogen-bond acceptors (Lipinski definition) is 0. The van der Waals surface area contributed by atoms with Gasteiger partial charge in [0.2, 0.25) is 0 Å². The van der Waals surface area contributed by atoms with Crippen LogP contribution in [0.1, 0.15) is 0 Å². The summed E-state index contributed by atoms with van der Waals surface area (Å²) < 4.78 is 1.29. The molecule has 0 nitrogen and oxygen atoms in total. The summed E-state index contributed by atoms with van der Waals surface area (Å²) in [5.74, 6) is 0. The molecule has 0 amide bonds. The van der Waals surface area contributed by atoms with Crippen LogP contribution in [0.5, 0.6) is 0 Å². The predicted octanol–water partition coefficient (Wildman–Crippen LogP) is 2.29. The first-order chi connectivity index (χ1) is 3.39. The molecule has 0 N–H and O–H groups in total. The van der Waals surface area contributed by atoms with Crippen molar-refractivity contribution in [2.45, 2.75) is 0 Å². The molecule has 0 spiro atoms. The van der Waals surface area contributed by atoms with E-state index < -0.39 is 0 Å². The van der Waals surface area contributed by atoms with Crippen molar-refractivity contribution in [1.82, 2.24) is 0 Å². The number of halogens is 1. The van der Waals surface area contributed by atoms with Crippen LogP contribution in [0.2, 0.25) is 0 Å². The molecular weight excluding hydrogens is 239 g/mol. The Balaban J connectivity index is 0.000000490. The Bertz CT molecular complexity index is 138. The van der Waals surface area contributed by atoms with Crippen molar-refractivity contribution >= 4 is 22.6 Å². The fourth-order valence-electron chi connectivity index (χ4n) is 0.415. The van der Waals surface area contributed by atoms with Crippen LogP contribution in [-0.2, 0) is 0 Å². The first-order valence-electron chi connectivity index (χ1n) is 2.10. The topological polar surface area (TPSA) is 0 Å². The summed E-state index contributed by atoms with van der Waals surface area (Å²) in [6, 6.07) is 10.2. The van der Waals surface area contributed by atoms with E-state index in [0.717, 1.165) is 0 Å². The Morgan fingerprint density at radius 2 is 1.50 bits per heavy atom. The van der Waals surface area contributed by atoms with Crippen LogP contribution in [-0.4, -0.2) is 0 Å². The number of hydrogen-bond donors (Lipinski definition) is 0. The van der Waals surface area contributed by atoms with Gasteiger partial charge in [-0.2, -0.15) is 0 Å². The zero-order valence-electron chi connectivity index (χ0n) is 4.12. The van der Waals surface area contributed by atoms with Crippen LogP contribution in [0, 0.1) is 41.3 Å². The Hall–Kier alpha value is 1.21. The third-order valence-electron chi connectivity index (χ3n) is 0.733. The van der Waals surface area contributed by atoms with Crippen molar-refractivity contribution in [3.8, 4) is 0 Å². The molecule has 0 radical (unpaired) electrons. The minimum atomic E-state index is 0. The molecule has 1 aromatic rings. The maximum Gasteiger partial charge on any atom is 0.0130 e. The normalized spacial score (nSPS) is 7.62. The zero-order valence-corrected chi connectivity index (χ0v) is 6.98. The molecule has 0 unspecified atom stereocenters. The third kappa shape index (κ3) is 3.28. The summed E-state index contributed by atoms with van der Waals surface area (Å²) in [5, 5.41) is 0. The number of benzene rings is 1. The monoisotopic (exact) mass is 244 g/mol. The standard InChI is InChI=1S/C6H5I.Ar/c7-6-4-2-1-3-5-6;/h1-5H;. The first kappa shape index (κ1) is 9.21. The van der Waals surface area contributed by atoms with Gasteiger partial charge in [0, 0.05) is 41.3 Å². The molecule has 0 bridgehead atoms. The Morgan fingerprint density at radius 1 is 1.00 bits per heavy atom. The Morgan fingerprint density at radius 3 is 1.75 bits per heavy atom. The molecule has 0 saturated heterocycles. The van der Waals surface area contributed by atoms with E-state index in [2.05, 4.69) is 34.7 Å². The van der Waals surface area contributed by atoms with Crippen LogP contribution in [0.4, 0.5) is 0 Å². The second-order valence-electron chi connectivity index (χ2n) is 1.30. The van der Waals surface area contributed by atoms with E-state index in [1.54, 1.807) is 0 Å². The maximum absolute atomic E-state index is 2.28. The summed E-state index contributed by atoms with van der Waals surface area (Å²) >= 11 is 2.28. The molecule has 8 heavy (non-hydrogen) atoms. The van der Waals surface area contributed by atoms with Crippen LogP contribution in [0.15, 0.2) is 30.3 Å². The second kappa shape index (κ2) is 5.03. The Kier molecular flexibility index (Phi) is 5.79.